The van der Waals surface area contributed by atoms with Gasteiger partial charge in [-0.25, -0.2) is 4.79 Å². The van der Waals surface area contributed by atoms with Crippen LogP contribution in [-0.2, 0) is 7.05 Å². The topological polar surface area (TPSA) is 55.1 Å². The molecule has 1 aromatic heterocycles. The maximum atomic E-state index is 10.6. The Morgan fingerprint density at radius 3 is 2.17 bits per heavy atom. The minimum absolute atomic E-state index is 0. The number of nitrogens with zero attached hydrogens (tertiary/aromatic N) is 2. The predicted molar refractivity (Wildman–Crippen MR) is 46.9 cm³/mol. The zero-order valence-electron chi connectivity index (χ0n) is 7.16. The molecule has 1 aromatic rings. The molecule has 68 valence electrons. The van der Waals surface area contributed by atoms with E-state index in [9.17, 15) is 4.79 Å². The third-order valence-electron chi connectivity index (χ3n) is 1.72. The molecule has 4 nitrogen and oxygen atoms in total. The van der Waals surface area contributed by atoms with Gasteiger partial charge in [-0.3, -0.25) is 4.68 Å². The minimum Gasteiger partial charge on any atom is -0.478 e. The number of aromatic nitrogens is 2. The van der Waals surface area contributed by atoms with Crippen LogP contribution in [0.25, 0.3) is 0 Å². The third-order valence-corrected chi connectivity index (χ3v) is 1.72. The number of hydrogen-bond acceptors (Lipinski definition) is 2. The molecular formula is C7H11ClN2O2. The van der Waals surface area contributed by atoms with Crippen LogP contribution in [0.5, 0.6) is 0 Å². The molecule has 1 rings (SSSR count). The highest BCUT2D eigenvalue weighted by atomic mass is 35.5. The molecule has 0 saturated heterocycles. The second-order valence-electron chi connectivity index (χ2n) is 2.47. The molecular weight excluding hydrogens is 180 g/mol. The molecule has 0 fully saturated rings. The van der Waals surface area contributed by atoms with Crippen molar-refractivity contribution in [1.82, 2.24) is 9.78 Å². The van der Waals surface area contributed by atoms with Crippen LogP contribution in [0.2, 0.25) is 0 Å². The Kier molecular flexibility index (Phi) is 3.27. The Hall–Kier alpha value is -1.03. The summed E-state index contributed by atoms with van der Waals surface area (Å²) in [5.41, 5.74) is 1.57. The van der Waals surface area contributed by atoms with Gasteiger partial charge in [-0.05, 0) is 13.8 Å². The van der Waals surface area contributed by atoms with Crippen LogP contribution in [0.3, 0.4) is 0 Å². The van der Waals surface area contributed by atoms with Crippen LogP contribution in [-0.4, -0.2) is 20.9 Å². The fourth-order valence-electron chi connectivity index (χ4n) is 1.08. The Bertz CT molecular complexity index is 307. The SMILES string of the molecule is Cc1nn(C)c(C)c1C(=O)O.Cl. The molecule has 0 aliphatic carbocycles. The summed E-state index contributed by atoms with van der Waals surface area (Å²) in [5, 5.41) is 12.7. The van der Waals surface area contributed by atoms with Crippen molar-refractivity contribution >= 4 is 18.4 Å². The summed E-state index contributed by atoms with van der Waals surface area (Å²) in [7, 11) is 1.73. The molecule has 0 atom stereocenters. The lowest BCUT2D eigenvalue weighted by Crippen LogP contribution is -2.00. The summed E-state index contributed by atoms with van der Waals surface area (Å²) in [4.78, 5) is 10.6. The van der Waals surface area contributed by atoms with E-state index in [0.29, 0.717) is 17.0 Å². The first-order valence-corrected chi connectivity index (χ1v) is 3.27. The van der Waals surface area contributed by atoms with Gasteiger partial charge < -0.3 is 5.11 Å². The molecule has 0 aliphatic heterocycles. The van der Waals surface area contributed by atoms with Gasteiger partial charge in [0.2, 0.25) is 0 Å². The summed E-state index contributed by atoms with van der Waals surface area (Å²) >= 11 is 0. The molecule has 1 heterocycles. The first-order valence-electron chi connectivity index (χ1n) is 3.27. The average Bonchev–Trinajstić information content (AvgIpc) is 2.07. The summed E-state index contributed by atoms with van der Waals surface area (Å²) < 4.78 is 1.57. The molecule has 0 saturated carbocycles. The van der Waals surface area contributed by atoms with Crippen molar-refractivity contribution in [2.75, 3.05) is 0 Å². The molecule has 0 radical (unpaired) electrons. The molecule has 1 N–H and O–H groups in total. The van der Waals surface area contributed by atoms with Crippen LogP contribution in [0.15, 0.2) is 0 Å². The number of hydrogen-bond donors (Lipinski definition) is 1. The van der Waals surface area contributed by atoms with Crippen LogP contribution < -0.4 is 0 Å². The molecule has 0 bridgehead atoms. The lowest BCUT2D eigenvalue weighted by atomic mass is 10.2. The quantitative estimate of drug-likeness (QED) is 0.723. The number of carbonyl (C=O) groups is 1. The van der Waals surface area contributed by atoms with E-state index < -0.39 is 5.97 Å². The standard InChI is InChI=1S/C7H10N2O2.ClH/c1-4-6(7(10)11)5(2)9(3)8-4;/h1-3H3,(H,10,11);1H. The van der Waals surface area contributed by atoms with Crippen molar-refractivity contribution in [1.29, 1.82) is 0 Å². The Morgan fingerprint density at radius 1 is 1.50 bits per heavy atom. The van der Waals surface area contributed by atoms with Gasteiger partial charge in [0.25, 0.3) is 0 Å². The van der Waals surface area contributed by atoms with E-state index in [4.69, 9.17) is 5.11 Å². The van der Waals surface area contributed by atoms with Crippen molar-refractivity contribution < 1.29 is 9.90 Å². The van der Waals surface area contributed by atoms with E-state index in [2.05, 4.69) is 5.10 Å². The Morgan fingerprint density at radius 2 is 2.00 bits per heavy atom. The Balaban J connectivity index is 0.00000121. The van der Waals surface area contributed by atoms with E-state index in [1.807, 2.05) is 0 Å². The number of aromatic carboxylic acids is 1. The van der Waals surface area contributed by atoms with Crippen molar-refractivity contribution in [2.45, 2.75) is 13.8 Å². The first kappa shape index (κ1) is 11.0. The fourth-order valence-corrected chi connectivity index (χ4v) is 1.08. The van der Waals surface area contributed by atoms with Crippen LogP contribution >= 0.6 is 12.4 Å². The molecule has 0 aromatic carbocycles. The van der Waals surface area contributed by atoms with E-state index in [1.165, 1.54) is 0 Å². The minimum atomic E-state index is -0.909. The lowest BCUT2D eigenvalue weighted by Gasteiger charge is -1.93. The smallest absolute Gasteiger partial charge is 0.339 e. The van der Waals surface area contributed by atoms with Gasteiger partial charge in [-0.15, -0.1) is 12.4 Å². The Labute approximate surface area is 76.6 Å². The number of rotatable bonds is 1. The van der Waals surface area contributed by atoms with Crippen molar-refractivity contribution in [3.8, 4) is 0 Å². The molecule has 12 heavy (non-hydrogen) atoms. The van der Waals surface area contributed by atoms with E-state index in [1.54, 1.807) is 25.6 Å². The molecule has 0 aliphatic rings. The number of carboxylic acid groups (broad SMARTS) is 1. The van der Waals surface area contributed by atoms with Crippen molar-refractivity contribution in [2.24, 2.45) is 7.05 Å². The summed E-state index contributed by atoms with van der Waals surface area (Å²) in [6.07, 6.45) is 0. The second-order valence-corrected chi connectivity index (χ2v) is 2.47. The van der Waals surface area contributed by atoms with Gasteiger partial charge in [-0.2, -0.15) is 5.10 Å². The monoisotopic (exact) mass is 190 g/mol. The van der Waals surface area contributed by atoms with Crippen molar-refractivity contribution in [3.63, 3.8) is 0 Å². The highest BCUT2D eigenvalue weighted by Gasteiger charge is 2.15. The lowest BCUT2D eigenvalue weighted by molar-refractivity contribution is 0.0695. The van der Waals surface area contributed by atoms with Gasteiger partial charge in [-0.1, -0.05) is 0 Å². The largest absolute Gasteiger partial charge is 0.478 e. The van der Waals surface area contributed by atoms with Gasteiger partial charge >= 0.3 is 5.97 Å². The number of aryl methyl sites for hydroxylation is 2. The van der Waals surface area contributed by atoms with Gasteiger partial charge in [0.1, 0.15) is 5.56 Å². The van der Waals surface area contributed by atoms with Crippen LogP contribution in [0.4, 0.5) is 0 Å². The first-order chi connectivity index (χ1) is 5.04. The molecule has 0 unspecified atom stereocenters. The summed E-state index contributed by atoms with van der Waals surface area (Å²) in [5.74, 6) is -0.909. The zero-order chi connectivity index (χ0) is 8.59. The maximum Gasteiger partial charge on any atom is 0.339 e. The van der Waals surface area contributed by atoms with E-state index >= 15 is 0 Å². The summed E-state index contributed by atoms with van der Waals surface area (Å²) in [6, 6.07) is 0. The fraction of sp³-hybridized carbons (Fsp3) is 0.429. The second kappa shape index (κ2) is 3.58. The maximum absolute atomic E-state index is 10.6. The van der Waals surface area contributed by atoms with Gasteiger partial charge in [0, 0.05) is 12.7 Å². The highest BCUT2D eigenvalue weighted by molar-refractivity contribution is 5.90. The van der Waals surface area contributed by atoms with Crippen LogP contribution in [0.1, 0.15) is 21.7 Å². The van der Waals surface area contributed by atoms with Crippen molar-refractivity contribution in [3.05, 3.63) is 17.0 Å². The predicted octanol–water partition coefficient (Wildman–Crippen LogP) is 1.16. The average molecular weight is 191 g/mol. The highest BCUT2D eigenvalue weighted by Crippen LogP contribution is 2.10. The summed E-state index contributed by atoms with van der Waals surface area (Å²) in [6.45, 7) is 3.43. The number of carboxylic acids is 1. The van der Waals surface area contributed by atoms with Gasteiger partial charge in [0.05, 0.1) is 5.69 Å². The van der Waals surface area contributed by atoms with E-state index in [-0.39, 0.29) is 12.4 Å². The normalized spacial score (nSPS) is 9.25. The molecule has 5 heteroatoms. The number of halogens is 1. The van der Waals surface area contributed by atoms with Crippen LogP contribution in [0, 0.1) is 13.8 Å². The zero-order valence-corrected chi connectivity index (χ0v) is 7.97. The van der Waals surface area contributed by atoms with E-state index in [0.717, 1.165) is 0 Å². The third kappa shape index (κ3) is 1.58. The van der Waals surface area contributed by atoms with Gasteiger partial charge in [0.15, 0.2) is 0 Å². The molecule has 0 amide bonds. The molecule has 0 spiro atoms.